The molecule has 108 valence electrons. The molecule has 1 atom stereocenters. The van der Waals surface area contributed by atoms with Crippen molar-refractivity contribution in [3.05, 3.63) is 63.7 Å². The second-order valence-corrected chi connectivity index (χ2v) is 5.91. The highest BCUT2D eigenvalue weighted by Gasteiger charge is 2.24. The monoisotopic (exact) mass is 300 g/mol. The summed E-state index contributed by atoms with van der Waals surface area (Å²) in [6.45, 7) is 1.97. The Labute approximate surface area is 129 Å². The first kappa shape index (κ1) is 14.1. The molecule has 0 aliphatic carbocycles. The highest BCUT2D eigenvalue weighted by atomic mass is 35.5. The van der Waals surface area contributed by atoms with Crippen molar-refractivity contribution in [2.24, 2.45) is 5.73 Å². The summed E-state index contributed by atoms with van der Waals surface area (Å²) in [5.74, 6) is 0.120. The molecular formula is C17H17ClN2O. The number of carbonyl (C=O) groups is 1. The molecule has 0 fully saturated rings. The van der Waals surface area contributed by atoms with Crippen molar-refractivity contribution in [2.75, 3.05) is 11.9 Å². The first-order chi connectivity index (χ1) is 9.97. The average Bonchev–Trinajstić information content (AvgIpc) is 2.76. The Morgan fingerprint density at radius 1 is 1.19 bits per heavy atom. The molecule has 0 saturated carbocycles. The molecule has 0 aromatic heterocycles. The van der Waals surface area contributed by atoms with Crippen molar-refractivity contribution < 1.29 is 4.79 Å². The van der Waals surface area contributed by atoms with Crippen molar-refractivity contribution in [1.29, 1.82) is 0 Å². The molecule has 2 aromatic rings. The van der Waals surface area contributed by atoms with Gasteiger partial charge in [0, 0.05) is 17.8 Å². The molecule has 1 aliphatic rings. The Bertz CT molecular complexity index is 727. The predicted octanol–water partition coefficient (Wildman–Crippen LogP) is 3.22. The molecule has 1 heterocycles. The number of nitrogens with two attached hydrogens (primary N) is 1. The van der Waals surface area contributed by atoms with E-state index in [0.717, 1.165) is 33.0 Å². The molecule has 2 N–H and O–H groups in total. The van der Waals surface area contributed by atoms with Gasteiger partial charge in [-0.1, -0.05) is 35.9 Å². The number of nitrogens with zero attached hydrogens (tertiary/aromatic N) is 1. The van der Waals surface area contributed by atoms with Gasteiger partial charge in [0.15, 0.2) is 0 Å². The van der Waals surface area contributed by atoms with Crippen LogP contribution in [0.3, 0.4) is 0 Å². The number of likely N-dealkylation sites (N-methyl/N-ethyl adjacent to an activating group) is 1. The summed E-state index contributed by atoms with van der Waals surface area (Å²) >= 11 is 6.17. The van der Waals surface area contributed by atoms with E-state index in [1.165, 1.54) is 0 Å². The van der Waals surface area contributed by atoms with Crippen LogP contribution >= 0.6 is 11.6 Å². The molecule has 0 bridgehead atoms. The van der Waals surface area contributed by atoms with Gasteiger partial charge >= 0.3 is 0 Å². The van der Waals surface area contributed by atoms with Crippen LogP contribution in [0.15, 0.2) is 36.4 Å². The molecule has 0 radical (unpaired) electrons. The molecule has 0 saturated heterocycles. The molecule has 1 aliphatic heterocycles. The zero-order valence-corrected chi connectivity index (χ0v) is 12.8. The van der Waals surface area contributed by atoms with E-state index in [2.05, 4.69) is 0 Å². The van der Waals surface area contributed by atoms with E-state index in [9.17, 15) is 4.79 Å². The Balaban J connectivity index is 1.96. The Morgan fingerprint density at radius 2 is 1.86 bits per heavy atom. The van der Waals surface area contributed by atoms with Gasteiger partial charge in [0.1, 0.15) is 0 Å². The first-order valence-corrected chi connectivity index (χ1v) is 7.26. The van der Waals surface area contributed by atoms with Crippen molar-refractivity contribution >= 4 is 23.2 Å². The van der Waals surface area contributed by atoms with Crippen LogP contribution in [0.1, 0.15) is 28.3 Å². The first-order valence-electron chi connectivity index (χ1n) is 6.88. The number of halogens is 1. The maximum absolute atomic E-state index is 11.7. The maximum atomic E-state index is 11.7. The van der Waals surface area contributed by atoms with Crippen molar-refractivity contribution in [3.63, 3.8) is 0 Å². The van der Waals surface area contributed by atoms with Crippen molar-refractivity contribution in [3.8, 4) is 0 Å². The third-order valence-corrected chi connectivity index (χ3v) is 4.50. The minimum atomic E-state index is -0.241. The van der Waals surface area contributed by atoms with Gasteiger partial charge in [0.25, 0.3) is 0 Å². The molecule has 21 heavy (non-hydrogen) atoms. The molecule has 3 nitrogen and oxygen atoms in total. The average molecular weight is 301 g/mol. The number of amides is 1. The van der Waals surface area contributed by atoms with Gasteiger partial charge in [-0.3, -0.25) is 4.79 Å². The summed E-state index contributed by atoms with van der Waals surface area (Å²) in [6, 6.07) is 11.6. The van der Waals surface area contributed by atoms with E-state index in [-0.39, 0.29) is 11.9 Å². The van der Waals surface area contributed by atoms with E-state index in [1.54, 1.807) is 11.9 Å². The van der Waals surface area contributed by atoms with E-state index in [4.69, 9.17) is 17.3 Å². The number of fused-ring (bicyclic) bond motifs is 1. The van der Waals surface area contributed by atoms with Gasteiger partial charge in [-0.05, 0) is 41.3 Å². The van der Waals surface area contributed by atoms with Crippen LogP contribution in [-0.4, -0.2) is 13.0 Å². The summed E-state index contributed by atoms with van der Waals surface area (Å²) in [5, 5.41) is 0.721. The fourth-order valence-electron chi connectivity index (χ4n) is 2.68. The third-order valence-electron chi connectivity index (χ3n) is 4.09. The number of carbonyl (C=O) groups excluding carboxylic acids is 1. The van der Waals surface area contributed by atoms with Crippen LogP contribution in [-0.2, 0) is 11.2 Å². The number of aryl methyl sites for hydroxylation is 1. The third kappa shape index (κ3) is 2.43. The highest BCUT2D eigenvalue weighted by molar-refractivity contribution is 6.31. The molecule has 1 unspecified atom stereocenters. The lowest BCUT2D eigenvalue weighted by atomic mass is 9.96. The molecule has 1 amide bonds. The van der Waals surface area contributed by atoms with E-state index in [1.807, 2.05) is 43.3 Å². The number of hydrogen-bond acceptors (Lipinski definition) is 2. The maximum Gasteiger partial charge on any atom is 0.231 e. The lowest BCUT2D eigenvalue weighted by Crippen LogP contribution is -2.20. The molecule has 0 spiro atoms. The van der Waals surface area contributed by atoms with Gasteiger partial charge in [-0.15, -0.1) is 0 Å². The molecule has 3 rings (SSSR count). The van der Waals surface area contributed by atoms with Gasteiger partial charge in [0.2, 0.25) is 5.91 Å². The number of hydrogen-bond donors (Lipinski definition) is 1. The highest BCUT2D eigenvalue weighted by Crippen LogP contribution is 2.32. The van der Waals surface area contributed by atoms with Gasteiger partial charge in [-0.2, -0.15) is 0 Å². The van der Waals surface area contributed by atoms with Crippen LogP contribution in [0.2, 0.25) is 5.02 Å². The topological polar surface area (TPSA) is 46.3 Å². The number of rotatable bonds is 2. The quantitative estimate of drug-likeness (QED) is 0.925. The largest absolute Gasteiger partial charge is 0.320 e. The fraction of sp³-hybridized carbons (Fsp3) is 0.235. The molecule has 4 heteroatoms. The van der Waals surface area contributed by atoms with Gasteiger partial charge in [0.05, 0.1) is 12.5 Å². The van der Waals surface area contributed by atoms with Crippen LogP contribution in [0, 0.1) is 6.92 Å². The minimum Gasteiger partial charge on any atom is -0.320 e. The lowest BCUT2D eigenvalue weighted by Gasteiger charge is -2.16. The summed E-state index contributed by atoms with van der Waals surface area (Å²) in [4.78, 5) is 13.4. The van der Waals surface area contributed by atoms with Crippen molar-refractivity contribution in [2.45, 2.75) is 19.4 Å². The van der Waals surface area contributed by atoms with Crippen LogP contribution in [0.25, 0.3) is 0 Å². The van der Waals surface area contributed by atoms with Gasteiger partial charge < -0.3 is 10.6 Å². The SMILES string of the molecule is Cc1ccc(C(N)c2ccc3c(c2)CC(=O)N3C)cc1Cl. The number of anilines is 1. The molecule has 2 aromatic carbocycles. The van der Waals surface area contributed by atoms with E-state index < -0.39 is 0 Å². The van der Waals surface area contributed by atoms with Crippen LogP contribution in [0.4, 0.5) is 5.69 Å². The second-order valence-electron chi connectivity index (χ2n) is 5.50. The Kier molecular flexibility index (Phi) is 3.47. The Morgan fingerprint density at radius 3 is 2.57 bits per heavy atom. The van der Waals surface area contributed by atoms with Crippen LogP contribution in [0.5, 0.6) is 0 Å². The summed E-state index contributed by atoms with van der Waals surface area (Å²) < 4.78 is 0. The lowest BCUT2D eigenvalue weighted by molar-refractivity contribution is -0.117. The normalized spacial score (nSPS) is 15.2. The van der Waals surface area contributed by atoms with E-state index >= 15 is 0 Å². The summed E-state index contributed by atoms with van der Waals surface area (Å²) in [7, 11) is 1.80. The van der Waals surface area contributed by atoms with Crippen molar-refractivity contribution in [1.82, 2.24) is 0 Å². The fourth-order valence-corrected chi connectivity index (χ4v) is 2.87. The second kappa shape index (κ2) is 5.17. The summed E-state index contributed by atoms with van der Waals surface area (Å²) in [5.41, 5.74) is 11.4. The zero-order valence-electron chi connectivity index (χ0n) is 12.1. The zero-order chi connectivity index (χ0) is 15.1. The molecular weight excluding hydrogens is 284 g/mol. The number of benzene rings is 2. The van der Waals surface area contributed by atoms with Crippen LogP contribution < -0.4 is 10.6 Å². The summed E-state index contributed by atoms with van der Waals surface area (Å²) in [6.07, 6.45) is 0.445. The Hall–Kier alpha value is -1.84. The van der Waals surface area contributed by atoms with Gasteiger partial charge in [-0.25, -0.2) is 0 Å². The minimum absolute atomic E-state index is 0.120. The smallest absolute Gasteiger partial charge is 0.231 e. The standard InChI is InChI=1S/C17H17ClN2O/c1-10-3-4-12(8-14(10)18)17(19)11-5-6-15-13(7-11)9-16(21)20(15)2/h3-8,17H,9,19H2,1-2H3. The predicted molar refractivity (Wildman–Crippen MR) is 85.8 cm³/mol. The van der Waals surface area contributed by atoms with E-state index in [0.29, 0.717) is 6.42 Å².